The Balaban J connectivity index is 0.00000225. The summed E-state index contributed by atoms with van der Waals surface area (Å²) in [5.41, 5.74) is 1.08. The Hall–Kier alpha value is -1.63. The molecular formula is C21H30ClN3O3. The summed E-state index contributed by atoms with van der Waals surface area (Å²) in [7, 11) is 0. The third kappa shape index (κ3) is 4.19. The lowest BCUT2D eigenvalue weighted by Crippen LogP contribution is -2.68. The topological polar surface area (TPSA) is 81.7 Å². The number of piperidine rings is 3. The Morgan fingerprint density at radius 1 is 1.25 bits per heavy atom. The molecule has 2 bridgehead atoms. The van der Waals surface area contributed by atoms with Gasteiger partial charge in [0, 0.05) is 24.9 Å². The van der Waals surface area contributed by atoms with Crippen LogP contribution in [-0.4, -0.2) is 59.6 Å². The summed E-state index contributed by atoms with van der Waals surface area (Å²) in [4.78, 5) is 27.8. The van der Waals surface area contributed by atoms with Gasteiger partial charge in [-0.1, -0.05) is 30.3 Å². The highest BCUT2D eigenvalue weighted by Gasteiger charge is 2.50. The van der Waals surface area contributed by atoms with Crippen LogP contribution in [0, 0.1) is 11.8 Å². The van der Waals surface area contributed by atoms with Crippen LogP contribution in [-0.2, 0) is 16.0 Å². The van der Waals surface area contributed by atoms with Crippen LogP contribution < -0.4 is 10.6 Å². The zero-order chi connectivity index (χ0) is 18.8. The van der Waals surface area contributed by atoms with Crippen molar-refractivity contribution in [2.75, 3.05) is 19.7 Å². The maximum Gasteiger partial charge on any atom is 0.243 e. The van der Waals surface area contributed by atoms with Gasteiger partial charge in [-0.25, -0.2) is 0 Å². The van der Waals surface area contributed by atoms with E-state index in [0.717, 1.165) is 37.9 Å². The molecular weight excluding hydrogens is 378 g/mol. The van der Waals surface area contributed by atoms with E-state index in [-0.39, 0.29) is 48.8 Å². The minimum Gasteiger partial charge on any atom is -0.394 e. The molecule has 0 radical (unpaired) electrons. The van der Waals surface area contributed by atoms with Gasteiger partial charge in [-0.3, -0.25) is 9.59 Å². The van der Waals surface area contributed by atoms with Gasteiger partial charge < -0.3 is 20.6 Å². The number of carbonyl (C=O) groups is 2. The summed E-state index contributed by atoms with van der Waals surface area (Å²) in [6.45, 7) is 1.59. The molecule has 0 aliphatic carbocycles. The average molecular weight is 408 g/mol. The fraction of sp³-hybridized carbons (Fsp3) is 0.619. The van der Waals surface area contributed by atoms with Crippen LogP contribution in [0.2, 0.25) is 0 Å². The minimum absolute atomic E-state index is 0. The lowest BCUT2D eigenvalue weighted by atomic mass is 9.72. The number of benzene rings is 1. The summed E-state index contributed by atoms with van der Waals surface area (Å²) >= 11 is 0. The lowest BCUT2D eigenvalue weighted by molar-refractivity contribution is -0.157. The SMILES string of the molecule is Cl.O=C(N[C@H](CO)Cc1ccccc1)[C@H]1[C@@H]2CNC[C@@H](C2)[C@@H]2CCCC(=O)N21. The van der Waals surface area contributed by atoms with Crippen LogP contribution in [0.1, 0.15) is 31.2 Å². The fourth-order valence-corrected chi connectivity index (χ4v) is 5.20. The molecule has 1 aromatic rings. The van der Waals surface area contributed by atoms with E-state index in [1.54, 1.807) is 0 Å². The fourth-order valence-electron chi connectivity index (χ4n) is 5.20. The number of aliphatic hydroxyl groups is 1. The van der Waals surface area contributed by atoms with Crippen molar-refractivity contribution in [2.45, 2.75) is 50.2 Å². The molecule has 5 atom stereocenters. The number of fused-ring (bicyclic) bond motifs is 4. The van der Waals surface area contributed by atoms with Gasteiger partial charge in [0.2, 0.25) is 11.8 Å². The highest BCUT2D eigenvalue weighted by Crippen LogP contribution is 2.39. The molecule has 154 valence electrons. The highest BCUT2D eigenvalue weighted by atomic mass is 35.5. The van der Waals surface area contributed by atoms with E-state index in [9.17, 15) is 14.7 Å². The molecule has 7 heteroatoms. The summed E-state index contributed by atoms with van der Waals surface area (Å²) < 4.78 is 0. The van der Waals surface area contributed by atoms with E-state index in [1.165, 1.54) is 0 Å². The highest BCUT2D eigenvalue weighted by molar-refractivity contribution is 5.89. The first-order chi connectivity index (χ1) is 13.2. The van der Waals surface area contributed by atoms with Crippen molar-refractivity contribution in [3.8, 4) is 0 Å². The summed E-state index contributed by atoms with van der Waals surface area (Å²) in [6.07, 6.45) is 4.03. The van der Waals surface area contributed by atoms with Gasteiger partial charge in [-0.15, -0.1) is 12.4 Å². The van der Waals surface area contributed by atoms with E-state index in [2.05, 4.69) is 10.6 Å². The van der Waals surface area contributed by atoms with Crippen LogP contribution in [0.5, 0.6) is 0 Å². The molecule has 0 spiro atoms. The average Bonchev–Trinajstić information content (AvgIpc) is 2.69. The van der Waals surface area contributed by atoms with Crippen LogP contribution in [0.25, 0.3) is 0 Å². The van der Waals surface area contributed by atoms with Crippen LogP contribution in [0.4, 0.5) is 0 Å². The third-order valence-electron chi connectivity index (χ3n) is 6.41. The third-order valence-corrected chi connectivity index (χ3v) is 6.41. The quantitative estimate of drug-likeness (QED) is 0.683. The van der Waals surface area contributed by atoms with Crippen molar-refractivity contribution in [3.63, 3.8) is 0 Å². The number of rotatable bonds is 5. The summed E-state index contributed by atoms with van der Waals surface area (Å²) in [5.74, 6) is 0.608. The Kier molecular flexibility index (Phi) is 6.96. The van der Waals surface area contributed by atoms with Crippen LogP contribution >= 0.6 is 12.4 Å². The molecule has 3 saturated heterocycles. The Morgan fingerprint density at radius 2 is 2.00 bits per heavy atom. The van der Waals surface area contributed by atoms with Gasteiger partial charge in [-0.05, 0) is 43.7 Å². The van der Waals surface area contributed by atoms with E-state index in [1.807, 2.05) is 35.2 Å². The minimum atomic E-state index is -0.420. The Labute approximate surface area is 172 Å². The van der Waals surface area contributed by atoms with E-state index >= 15 is 0 Å². The Morgan fingerprint density at radius 3 is 2.75 bits per heavy atom. The molecule has 0 aromatic heterocycles. The maximum atomic E-state index is 13.2. The first-order valence-corrected chi connectivity index (χ1v) is 10.1. The number of hydrogen-bond acceptors (Lipinski definition) is 4. The number of hydrogen-bond donors (Lipinski definition) is 3. The van der Waals surface area contributed by atoms with Crippen molar-refractivity contribution in [1.29, 1.82) is 0 Å². The molecule has 3 N–H and O–H groups in total. The van der Waals surface area contributed by atoms with Crippen molar-refractivity contribution in [1.82, 2.24) is 15.5 Å². The largest absolute Gasteiger partial charge is 0.394 e. The number of halogens is 1. The van der Waals surface area contributed by atoms with Crippen LogP contribution in [0.3, 0.4) is 0 Å². The predicted molar refractivity (Wildman–Crippen MR) is 109 cm³/mol. The molecule has 1 aromatic carbocycles. The zero-order valence-electron chi connectivity index (χ0n) is 16.0. The number of aliphatic hydroxyl groups excluding tert-OH is 1. The predicted octanol–water partition coefficient (Wildman–Crippen LogP) is 1.12. The van der Waals surface area contributed by atoms with E-state index in [4.69, 9.17) is 0 Å². The van der Waals surface area contributed by atoms with Gasteiger partial charge in [0.1, 0.15) is 6.04 Å². The number of carbonyl (C=O) groups excluding carboxylic acids is 2. The monoisotopic (exact) mass is 407 g/mol. The first-order valence-electron chi connectivity index (χ1n) is 10.1. The van der Waals surface area contributed by atoms with Gasteiger partial charge in [0.05, 0.1) is 12.6 Å². The Bertz CT molecular complexity index is 687. The number of amides is 2. The molecule has 3 heterocycles. The van der Waals surface area contributed by atoms with Gasteiger partial charge >= 0.3 is 0 Å². The van der Waals surface area contributed by atoms with Crippen LogP contribution in [0.15, 0.2) is 30.3 Å². The molecule has 2 amide bonds. The second kappa shape index (κ2) is 9.25. The second-order valence-corrected chi connectivity index (χ2v) is 8.20. The number of nitrogens with one attached hydrogen (secondary N) is 2. The van der Waals surface area contributed by atoms with Crippen molar-refractivity contribution < 1.29 is 14.7 Å². The maximum absolute atomic E-state index is 13.2. The van der Waals surface area contributed by atoms with Crippen molar-refractivity contribution >= 4 is 24.2 Å². The lowest BCUT2D eigenvalue weighted by Gasteiger charge is -2.54. The van der Waals surface area contributed by atoms with Crippen molar-refractivity contribution in [2.24, 2.45) is 11.8 Å². The smallest absolute Gasteiger partial charge is 0.243 e. The molecule has 4 rings (SSSR count). The summed E-state index contributed by atoms with van der Waals surface area (Å²) in [5, 5.41) is 16.3. The normalized spacial score (nSPS) is 30.0. The molecule has 3 fully saturated rings. The standard InChI is InChI=1S/C21H29N3O3.ClH/c25-13-17(9-14-5-2-1-3-6-14)23-21(27)20-16-10-15(11-22-12-16)18-7-4-8-19(26)24(18)20;/h1-3,5-6,15-18,20,22,25H,4,7-13H2,(H,23,27);1H/t15-,16+,17+,18+,20-;/m1./s1. The first kappa shape index (κ1) is 21.1. The summed E-state index contributed by atoms with van der Waals surface area (Å²) in [6, 6.07) is 9.27. The second-order valence-electron chi connectivity index (χ2n) is 8.20. The van der Waals surface area contributed by atoms with E-state index in [0.29, 0.717) is 18.8 Å². The molecule has 6 nitrogen and oxygen atoms in total. The zero-order valence-corrected chi connectivity index (χ0v) is 16.9. The van der Waals surface area contributed by atoms with Crippen molar-refractivity contribution in [3.05, 3.63) is 35.9 Å². The molecule has 0 saturated carbocycles. The molecule has 3 aliphatic heterocycles. The van der Waals surface area contributed by atoms with Gasteiger partial charge in [-0.2, -0.15) is 0 Å². The van der Waals surface area contributed by atoms with Gasteiger partial charge in [0.15, 0.2) is 0 Å². The molecule has 0 unspecified atom stereocenters. The van der Waals surface area contributed by atoms with E-state index < -0.39 is 6.04 Å². The van der Waals surface area contributed by atoms with Gasteiger partial charge in [0.25, 0.3) is 0 Å². The molecule has 28 heavy (non-hydrogen) atoms. The number of nitrogens with zero attached hydrogens (tertiary/aromatic N) is 1. The molecule has 3 aliphatic rings.